The van der Waals surface area contributed by atoms with Gasteiger partial charge in [-0.1, -0.05) is 97.2 Å². The van der Waals surface area contributed by atoms with E-state index in [0.717, 1.165) is 0 Å². The molecular weight excluding hydrogens is 192 g/mol. The highest BCUT2D eigenvalue weighted by Crippen LogP contribution is 1.88. The molecular formula is C16H16. The van der Waals surface area contributed by atoms with Crippen molar-refractivity contribution in [2.45, 2.75) is 0 Å². The summed E-state index contributed by atoms with van der Waals surface area (Å²) >= 11 is 0. The van der Waals surface area contributed by atoms with Gasteiger partial charge >= 0.3 is 0 Å². The lowest BCUT2D eigenvalue weighted by atomic mass is 10.3. The van der Waals surface area contributed by atoms with Crippen LogP contribution in [0.3, 0.4) is 0 Å². The third kappa shape index (κ3) is 7.34. The predicted octanol–water partition coefficient (Wildman–Crippen LogP) is 4.45. The van der Waals surface area contributed by atoms with Gasteiger partial charge in [-0.05, 0) is 0 Å². The lowest BCUT2D eigenvalue weighted by Crippen LogP contribution is -1.55. The van der Waals surface area contributed by atoms with Crippen LogP contribution in [0.5, 0.6) is 0 Å². The Balaban J connectivity index is 2.67. The zero-order valence-electron chi connectivity index (χ0n) is 9.24. The standard InChI is InChI=1S/C16H16/c1-2-4-6-8-10-12-14-16-15-13-11-9-7-5-3-1/h1-16H. The first-order valence-electron chi connectivity index (χ1n) is 5.33. The molecule has 0 radical (unpaired) electrons. The normalized spacial score (nSPS) is 16.0. The van der Waals surface area contributed by atoms with Crippen LogP contribution < -0.4 is 0 Å². The minimum Gasteiger partial charge on any atom is -0.0623 e. The fourth-order valence-corrected chi connectivity index (χ4v) is 1.03. The van der Waals surface area contributed by atoms with Crippen molar-refractivity contribution in [2.75, 3.05) is 0 Å². The average molecular weight is 208 g/mol. The van der Waals surface area contributed by atoms with Gasteiger partial charge in [0, 0.05) is 0 Å². The molecule has 1 aliphatic rings. The van der Waals surface area contributed by atoms with Gasteiger partial charge in [-0.2, -0.15) is 0 Å². The van der Waals surface area contributed by atoms with Crippen molar-refractivity contribution in [1.82, 2.24) is 0 Å². The average Bonchev–Trinajstić information content (AvgIpc) is 2.29. The Morgan fingerprint density at radius 3 is 0.250 bits per heavy atom. The number of rotatable bonds is 0. The summed E-state index contributed by atoms with van der Waals surface area (Å²) in [5.74, 6) is 0. The van der Waals surface area contributed by atoms with Gasteiger partial charge in [0.25, 0.3) is 0 Å². The van der Waals surface area contributed by atoms with Crippen LogP contribution in [0.1, 0.15) is 0 Å². The van der Waals surface area contributed by atoms with Crippen LogP contribution in [-0.4, -0.2) is 0 Å². The SMILES string of the molecule is C1=CC=CC=CC=CC=CC=CC=CC=C1. The maximum Gasteiger partial charge on any atom is -0.0623 e. The van der Waals surface area contributed by atoms with Gasteiger partial charge in [-0.25, -0.2) is 0 Å². The summed E-state index contributed by atoms with van der Waals surface area (Å²) in [6.07, 6.45) is 32.0. The summed E-state index contributed by atoms with van der Waals surface area (Å²) in [5, 5.41) is 0. The Morgan fingerprint density at radius 2 is 0.188 bits per heavy atom. The molecule has 80 valence electrons. The maximum atomic E-state index is 2.00. The molecule has 0 saturated carbocycles. The Kier molecular flexibility index (Phi) is 7.10. The molecule has 0 bridgehead atoms. The predicted molar refractivity (Wildman–Crippen MR) is 73.1 cm³/mol. The van der Waals surface area contributed by atoms with Gasteiger partial charge in [0.2, 0.25) is 0 Å². The molecule has 0 aromatic carbocycles. The highest BCUT2D eigenvalue weighted by atomic mass is 13.7. The van der Waals surface area contributed by atoms with Crippen LogP contribution in [0.25, 0.3) is 0 Å². The second kappa shape index (κ2) is 9.47. The second-order valence-corrected chi connectivity index (χ2v) is 3.08. The number of hydrogen-bond donors (Lipinski definition) is 0. The summed E-state index contributed by atoms with van der Waals surface area (Å²) < 4.78 is 0. The molecule has 0 fully saturated rings. The Labute approximate surface area is 97.7 Å². The molecule has 0 heteroatoms. The van der Waals surface area contributed by atoms with Gasteiger partial charge in [0.15, 0.2) is 0 Å². The van der Waals surface area contributed by atoms with Crippen LogP contribution in [0.2, 0.25) is 0 Å². The topological polar surface area (TPSA) is 0 Å². The van der Waals surface area contributed by atoms with E-state index >= 15 is 0 Å². The minimum absolute atomic E-state index is 2.00. The van der Waals surface area contributed by atoms with Gasteiger partial charge in [-0.3, -0.25) is 0 Å². The molecule has 0 aliphatic heterocycles. The molecule has 1 aliphatic carbocycles. The Hall–Kier alpha value is -2.08. The van der Waals surface area contributed by atoms with E-state index in [9.17, 15) is 0 Å². The molecule has 0 amide bonds. The van der Waals surface area contributed by atoms with Crippen LogP contribution in [0.15, 0.2) is 97.2 Å². The summed E-state index contributed by atoms with van der Waals surface area (Å²) in [4.78, 5) is 0. The smallest absolute Gasteiger partial charge is 0.0623 e. The first-order chi connectivity index (χ1) is 8.00. The zero-order chi connectivity index (χ0) is 11.3. The lowest BCUT2D eigenvalue weighted by Gasteiger charge is -1.77. The van der Waals surface area contributed by atoms with Crippen LogP contribution in [-0.2, 0) is 0 Å². The Morgan fingerprint density at radius 1 is 0.125 bits per heavy atom. The van der Waals surface area contributed by atoms with Crippen molar-refractivity contribution in [3.8, 4) is 0 Å². The molecule has 0 spiro atoms. The molecule has 0 nitrogen and oxygen atoms in total. The first-order valence-corrected chi connectivity index (χ1v) is 5.33. The Bertz CT molecular complexity index is 242. The fourth-order valence-electron chi connectivity index (χ4n) is 1.03. The molecule has 1 rings (SSSR count). The fraction of sp³-hybridized carbons (Fsp3) is 0. The van der Waals surface area contributed by atoms with Gasteiger partial charge in [0.1, 0.15) is 0 Å². The molecule has 0 unspecified atom stereocenters. The van der Waals surface area contributed by atoms with Crippen LogP contribution >= 0.6 is 0 Å². The molecule has 0 saturated heterocycles. The summed E-state index contributed by atoms with van der Waals surface area (Å²) in [6, 6.07) is 0. The molecule has 0 atom stereocenters. The van der Waals surface area contributed by atoms with Gasteiger partial charge < -0.3 is 0 Å². The molecule has 0 N–H and O–H groups in total. The monoisotopic (exact) mass is 208 g/mol. The van der Waals surface area contributed by atoms with Crippen molar-refractivity contribution in [3.05, 3.63) is 97.2 Å². The second-order valence-electron chi connectivity index (χ2n) is 3.08. The van der Waals surface area contributed by atoms with E-state index in [4.69, 9.17) is 0 Å². The number of allylic oxidation sites excluding steroid dienone is 16. The lowest BCUT2D eigenvalue weighted by molar-refractivity contribution is 1.81. The van der Waals surface area contributed by atoms with E-state index in [2.05, 4.69) is 0 Å². The summed E-state index contributed by atoms with van der Waals surface area (Å²) in [7, 11) is 0. The van der Waals surface area contributed by atoms with Gasteiger partial charge in [-0.15, -0.1) is 0 Å². The van der Waals surface area contributed by atoms with E-state index in [1.54, 1.807) is 0 Å². The van der Waals surface area contributed by atoms with Crippen molar-refractivity contribution >= 4 is 0 Å². The number of hydrogen-bond acceptors (Lipinski definition) is 0. The van der Waals surface area contributed by atoms with Crippen molar-refractivity contribution in [2.24, 2.45) is 0 Å². The van der Waals surface area contributed by atoms with Gasteiger partial charge in [0.05, 0.1) is 0 Å². The van der Waals surface area contributed by atoms with Crippen LogP contribution in [0.4, 0.5) is 0 Å². The molecule has 0 aromatic heterocycles. The van der Waals surface area contributed by atoms with E-state index < -0.39 is 0 Å². The maximum absolute atomic E-state index is 2.00. The van der Waals surface area contributed by atoms with Crippen molar-refractivity contribution in [1.29, 1.82) is 0 Å². The molecule has 16 heavy (non-hydrogen) atoms. The third-order valence-corrected chi connectivity index (χ3v) is 1.78. The van der Waals surface area contributed by atoms with Crippen LogP contribution in [0, 0.1) is 0 Å². The van der Waals surface area contributed by atoms with E-state index in [1.807, 2.05) is 97.2 Å². The quantitative estimate of drug-likeness (QED) is 0.551. The van der Waals surface area contributed by atoms with Crippen molar-refractivity contribution in [3.63, 3.8) is 0 Å². The highest BCUT2D eigenvalue weighted by molar-refractivity contribution is 5.23. The first kappa shape index (κ1) is 12.0. The van der Waals surface area contributed by atoms with E-state index in [1.165, 1.54) is 0 Å². The van der Waals surface area contributed by atoms with E-state index in [0.29, 0.717) is 0 Å². The zero-order valence-corrected chi connectivity index (χ0v) is 9.24. The third-order valence-electron chi connectivity index (χ3n) is 1.78. The molecule has 0 heterocycles. The van der Waals surface area contributed by atoms with E-state index in [-0.39, 0.29) is 0 Å². The summed E-state index contributed by atoms with van der Waals surface area (Å²) in [6.45, 7) is 0. The minimum atomic E-state index is 2.00. The van der Waals surface area contributed by atoms with Crippen molar-refractivity contribution < 1.29 is 0 Å². The molecule has 0 aromatic rings. The largest absolute Gasteiger partial charge is 0.0623 e. The highest BCUT2D eigenvalue weighted by Gasteiger charge is 1.66. The summed E-state index contributed by atoms with van der Waals surface area (Å²) in [5.41, 5.74) is 0.